The Labute approximate surface area is 70.8 Å². The van der Waals surface area contributed by atoms with Gasteiger partial charge in [-0.15, -0.1) is 0 Å². The van der Waals surface area contributed by atoms with E-state index in [4.69, 9.17) is 9.57 Å². The van der Waals surface area contributed by atoms with Crippen LogP contribution >= 0.6 is 0 Å². The third-order valence-electron chi connectivity index (χ3n) is 1.40. The zero-order valence-electron chi connectivity index (χ0n) is 6.95. The predicted octanol–water partition coefficient (Wildman–Crippen LogP) is 0.882. The van der Waals surface area contributed by atoms with Crippen molar-refractivity contribution in [2.45, 2.75) is 13.3 Å². The highest BCUT2D eigenvalue weighted by Gasteiger charge is 2.07. The van der Waals surface area contributed by atoms with Crippen LogP contribution in [0.2, 0.25) is 0 Å². The topological polar surface area (TPSA) is 47.9 Å². The number of hydrogen-bond acceptors (Lipinski definition) is 4. The fourth-order valence-corrected chi connectivity index (χ4v) is 0.768. The van der Waals surface area contributed by atoms with Gasteiger partial charge in [0.25, 0.3) is 0 Å². The van der Waals surface area contributed by atoms with Crippen LogP contribution in [0.15, 0.2) is 17.0 Å². The normalized spacial score (nSPS) is 16.1. The lowest BCUT2D eigenvalue weighted by Gasteiger charge is -2.09. The lowest BCUT2D eigenvalue weighted by molar-refractivity contribution is -0.103. The van der Waals surface area contributed by atoms with Crippen LogP contribution < -0.4 is 0 Å². The SMILES string of the molecule is CCOCC1=CCC(C=O)=NO1. The standard InChI is InChI=1S/C8H11NO3/c1-2-11-6-8-4-3-7(5-10)9-12-8/h4-5H,2-3,6H2,1H3. The van der Waals surface area contributed by atoms with Crippen molar-refractivity contribution in [3.8, 4) is 0 Å². The Morgan fingerprint density at radius 2 is 2.67 bits per heavy atom. The second-order valence-electron chi connectivity index (χ2n) is 2.30. The lowest BCUT2D eigenvalue weighted by atomic mass is 10.2. The number of carbonyl (C=O) groups is 1. The number of ether oxygens (including phenoxy) is 1. The van der Waals surface area contributed by atoms with Crippen molar-refractivity contribution in [2.24, 2.45) is 5.16 Å². The van der Waals surface area contributed by atoms with E-state index in [9.17, 15) is 4.79 Å². The molecule has 0 radical (unpaired) electrons. The van der Waals surface area contributed by atoms with Crippen LogP contribution in [-0.2, 0) is 14.4 Å². The molecule has 0 aromatic heterocycles. The van der Waals surface area contributed by atoms with E-state index in [-0.39, 0.29) is 0 Å². The minimum absolute atomic E-state index is 0.412. The molecule has 0 aromatic rings. The van der Waals surface area contributed by atoms with Gasteiger partial charge in [0.2, 0.25) is 0 Å². The van der Waals surface area contributed by atoms with E-state index in [1.807, 2.05) is 6.92 Å². The van der Waals surface area contributed by atoms with Crippen molar-refractivity contribution in [1.29, 1.82) is 0 Å². The number of rotatable bonds is 4. The van der Waals surface area contributed by atoms with Crippen molar-refractivity contribution in [3.63, 3.8) is 0 Å². The molecule has 0 fully saturated rings. The number of allylic oxidation sites excluding steroid dienone is 1. The molecule has 1 heterocycles. The van der Waals surface area contributed by atoms with E-state index in [1.165, 1.54) is 0 Å². The second kappa shape index (κ2) is 4.66. The highest BCUT2D eigenvalue weighted by Crippen LogP contribution is 2.07. The van der Waals surface area contributed by atoms with Crippen molar-refractivity contribution in [3.05, 3.63) is 11.8 Å². The van der Waals surface area contributed by atoms with Crippen molar-refractivity contribution < 1.29 is 14.4 Å². The van der Waals surface area contributed by atoms with Crippen LogP contribution in [0.5, 0.6) is 0 Å². The predicted molar refractivity (Wildman–Crippen MR) is 43.8 cm³/mol. The first-order valence-electron chi connectivity index (χ1n) is 3.82. The van der Waals surface area contributed by atoms with Crippen LogP contribution in [0.25, 0.3) is 0 Å². The Morgan fingerprint density at radius 1 is 1.83 bits per heavy atom. The highest BCUT2D eigenvalue weighted by molar-refractivity contribution is 6.28. The van der Waals surface area contributed by atoms with Gasteiger partial charge < -0.3 is 9.57 Å². The van der Waals surface area contributed by atoms with Gasteiger partial charge in [0.15, 0.2) is 12.0 Å². The molecule has 0 unspecified atom stereocenters. The maximum Gasteiger partial charge on any atom is 0.167 e. The molecule has 1 aliphatic heterocycles. The minimum atomic E-state index is 0.412. The zero-order chi connectivity index (χ0) is 8.81. The van der Waals surface area contributed by atoms with Crippen LogP contribution in [0.3, 0.4) is 0 Å². The van der Waals surface area contributed by atoms with Crippen LogP contribution in [-0.4, -0.2) is 25.2 Å². The number of oxime groups is 1. The van der Waals surface area contributed by atoms with E-state index >= 15 is 0 Å². The first-order chi connectivity index (χ1) is 5.86. The van der Waals surface area contributed by atoms with E-state index in [0.717, 1.165) is 0 Å². The summed E-state index contributed by atoms with van der Waals surface area (Å²) in [7, 11) is 0. The monoisotopic (exact) mass is 169 g/mol. The number of aldehydes is 1. The van der Waals surface area contributed by atoms with Gasteiger partial charge >= 0.3 is 0 Å². The first-order valence-corrected chi connectivity index (χ1v) is 3.82. The van der Waals surface area contributed by atoms with Crippen LogP contribution in [0.1, 0.15) is 13.3 Å². The van der Waals surface area contributed by atoms with E-state index in [0.29, 0.717) is 37.4 Å². The van der Waals surface area contributed by atoms with Crippen molar-refractivity contribution in [1.82, 2.24) is 0 Å². The second-order valence-corrected chi connectivity index (χ2v) is 2.30. The van der Waals surface area contributed by atoms with Crippen molar-refractivity contribution >= 4 is 12.0 Å². The summed E-state index contributed by atoms with van der Waals surface area (Å²) in [5.74, 6) is 0.669. The fraction of sp³-hybridized carbons (Fsp3) is 0.500. The smallest absolute Gasteiger partial charge is 0.167 e. The lowest BCUT2D eigenvalue weighted by Crippen LogP contribution is -2.08. The third-order valence-corrected chi connectivity index (χ3v) is 1.40. The molecule has 12 heavy (non-hydrogen) atoms. The summed E-state index contributed by atoms with van der Waals surface area (Å²) < 4.78 is 5.09. The molecule has 1 aliphatic rings. The van der Waals surface area contributed by atoms with Gasteiger partial charge in [-0.2, -0.15) is 0 Å². The Hall–Kier alpha value is -1.16. The van der Waals surface area contributed by atoms with Gasteiger partial charge in [0.1, 0.15) is 12.3 Å². The Balaban J connectivity index is 2.33. The summed E-state index contributed by atoms with van der Waals surface area (Å²) in [4.78, 5) is 15.1. The summed E-state index contributed by atoms with van der Waals surface area (Å²) in [5.41, 5.74) is 0.412. The summed E-state index contributed by atoms with van der Waals surface area (Å²) >= 11 is 0. The maximum absolute atomic E-state index is 10.2. The molecule has 4 nitrogen and oxygen atoms in total. The third kappa shape index (κ3) is 2.47. The molecule has 0 amide bonds. The van der Waals surface area contributed by atoms with E-state index in [2.05, 4.69) is 5.16 Å². The number of nitrogens with zero attached hydrogens (tertiary/aromatic N) is 1. The molecular weight excluding hydrogens is 158 g/mol. The van der Waals surface area contributed by atoms with Crippen LogP contribution in [0.4, 0.5) is 0 Å². The molecular formula is C8H11NO3. The van der Waals surface area contributed by atoms with E-state index < -0.39 is 0 Å². The fourth-order valence-electron chi connectivity index (χ4n) is 0.768. The molecule has 0 spiro atoms. The molecule has 0 aliphatic carbocycles. The molecule has 66 valence electrons. The van der Waals surface area contributed by atoms with Gasteiger partial charge in [0, 0.05) is 13.0 Å². The molecule has 0 aromatic carbocycles. The Bertz CT molecular complexity index is 220. The quantitative estimate of drug-likeness (QED) is 0.587. The number of carbonyl (C=O) groups excluding carboxylic acids is 1. The Kier molecular flexibility index (Phi) is 3.47. The van der Waals surface area contributed by atoms with Crippen LogP contribution in [0, 0.1) is 0 Å². The molecule has 0 atom stereocenters. The van der Waals surface area contributed by atoms with Gasteiger partial charge in [-0.1, -0.05) is 5.16 Å². The largest absolute Gasteiger partial charge is 0.374 e. The van der Waals surface area contributed by atoms with Gasteiger partial charge in [-0.05, 0) is 13.0 Å². The molecule has 0 saturated heterocycles. The summed E-state index contributed by atoms with van der Waals surface area (Å²) in [6, 6.07) is 0. The first kappa shape index (κ1) is 8.93. The minimum Gasteiger partial charge on any atom is -0.374 e. The van der Waals surface area contributed by atoms with Gasteiger partial charge in [-0.25, -0.2) is 0 Å². The average molecular weight is 169 g/mol. The van der Waals surface area contributed by atoms with Gasteiger partial charge in [0.05, 0.1) is 0 Å². The molecule has 4 heteroatoms. The highest BCUT2D eigenvalue weighted by atomic mass is 16.6. The molecule has 0 saturated carbocycles. The number of hydrogen-bond donors (Lipinski definition) is 0. The molecule has 0 N–H and O–H groups in total. The summed E-state index contributed by atoms with van der Waals surface area (Å²) in [5, 5.41) is 3.58. The summed E-state index contributed by atoms with van der Waals surface area (Å²) in [6.07, 6.45) is 3.02. The van der Waals surface area contributed by atoms with E-state index in [1.54, 1.807) is 6.08 Å². The maximum atomic E-state index is 10.2. The molecule has 1 rings (SSSR count). The molecule has 0 bridgehead atoms. The van der Waals surface area contributed by atoms with Gasteiger partial charge in [-0.3, -0.25) is 4.79 Å². The zero-order valence-corrected chi connectivity index (χ0v) is 6.95. The summed E-state index contributed by atoms with van der Waals surface area (Å²) in [6.45, 7) is 2.97. The average Bonchev–Trinajstić information content (AvgIpc) is 2.15. The van der Waals surface area contributed by atoms with Crippen molar-refractivity contribution in [2.75, 3.05) is 13.2 Å². The Morgan fingerprint density at radius 3 is 3.17 bits per heavy atom.